The average Bonchev–Trinajstić information content (AvgIpc) is 3.02. The van der Waals surface area contributed by atoms with Gasteiger partial charge < -0.3 is 9.11 Å². The Bertz CT molecular complexity index is 1150. The van der Waals surface area contributed by atoms with Crippen molar-refractivity contribution in [1.82, 2.24) is 0 Å². The Labute approximate surface area is 318 Å². The van der Waals surface area contributed by atoms with Crippen LogP contribution < -0.4 is 0 Å². The summed E-state index contributed by atoms with van der Waals surface area (Å²) in [6.45, 7) is 4.48. The summed E-state index contributed by atoms with van der Waals surface area (Å²) in [5.41, 5.74) is 1.33. The van der Waals surface area contributed by atoms with Crippen molar-refractivity contribution in [3.8, 4) is 0 Å². The first-order chi connectivity index (χ1) is 22.1. The molecular weight excluding hydrogens is 657 g/mol. The van der Waals surface area contributed by atoms with E-state index in [0.29, 0.717) is 24.0 Å². The molecule has 0 amide bonds. The molecule has 0 bridgehead atoms. The molecule has 264 valence electrons. The minimum Gasteiger partial charge on any atom is -0.744 e. The van der Waals surface area contributed by atoms with Crippen molar-refractivity contribution in [2.75, 3.05) is 0 Å². The molecule has 0 heterocycles. The minimum atomic E-state index is -4.35. The van der Waals surface area contributed by atoms with E-state index in [-0.39, 0.29) is 47.5 Å². The number of aryl methyl sites for hydroxylation is 2. The van der Waals surface area contributed by atoms with Crippen LogP contribution in [0.1, 0.15) is 166 Å². The van der Waals surface area contributed by atoms with E-state index in [1.807, 2.05) is 0 Å². The topological polar surface area (TPSA) is 114 Å². The second-order valence-electron chi connectivity index (χ2n) is 12.7. The SMILES string of the molecule is CCCCCCCCCCCCCc1ccccc1S(=O)(=O)[O-].CCCCCCCCCCCCCc1ccccc1S(=O)(=O)[O-].[Ca+2]. The molecule has 47 heavy (non-hydrogen) atoms. The summed E-state index contributed by atoms with van der Waals surface area (Å²) < 4.78 is 67.2. The van der Waals surface area contributed by atoms with Gasteiger partial charge in [-0.1, -0.05) is 179 Å². The van der Waals surface area contributed by atoms with Crippen molar-refractivity contribution in [3.63, 3.8) is 0 Å². The first-order valence-electron chi connectivity index (χ1n) is 18.2. The molecule has 2 aromatic rings. The molecule has 0 atom stereocenters. The molecule has 2 aromatic carbocycles. The van der Waals surface area contributed by atoms with E-state index >= 15 is 0 Å². The Morgan fingerprint density at radius 2 is 0.638 bits per heavy atom. The maximum absolute atomic E-state index is 11.2. The van der Waals surface area contributed by atoms with Crippen LogP contribution in [0.3, 0.4) is 0 Å². The Balaban J connectivity index is 0.000000882. The predicted octanol–water partition coefficient (Wildman–Crippen LogP) is 10.5. The Morgan fingerprint density at radius 3 is 0.894 bits per heavy atom. The van der Waals surface area contributed by atoms with Gasteiger partial charge in [0.1, 0.15) is 20.2 Å². The second-order valence-corrected chi connectivity index (χ2v) is 15.4. The van der Waals surface area contributed by atoms with Crippen LogP contribution in [0.4, 0.5) is 0 Å². The van der Waals surface area contributed by atoms with Crippen LogP contribution >= 0.6 is 0 Å². The summed E-state index contributed by atoms with van der Waals surface area (Å²) in [5, 5.41) is 0. The summed E-state index contributed by atoms with van der Waals surface area (Å²) in [7, 11) is -8.70. The van der Waals surface area contributed by atoms with Gasteiger partial charge in [-0.2, -0.15) is 0 Å². The van der Waals surface area contributed by atoms with Gasteiger partial charge in [0.05, 0.1) is 9.79 Å². The maximum Gasteiger partial charge on any atom is 2.00 e. The quantitative estimate of drug-likeness (QED) is 0.0543. The zero-order valence-electron chi connectivity index (χ0n) is 29.6. The van der Waals surface area contributed by atoms with E-state index in [2.05, 4.69) is 13.8 Å². The van der Waals surface area contributed by atoms with Gasteiger partial charge in [-0.3, -0.25) is 0 Å². The van der Waals surface area contributed by atoms with Crippen LogP contribution in [0.5, 0.6) is 0 Å². The van der Waals surface area contributed by atoms with Crippen molar-refractivity contribution >= 4 is 58.0 Å². The molecule has 0 unspecified atom stereocenters. The fraction of sp³-hybridized carbons (Fsp3) is 0.684. The van der Waals surface area contributed by atoms with Crippen molar-refractivity contribution in [3.05, 3.63) is 59.7 Å². The van der Waals surface area contributed by atoms with Crippen LogP contribution in [-0.2, 0) is 33.1 Å². The third-order valence-corrected chi connectivity index (χ3v) is 10.5. The Hall–Kier alpha value is -0.480. The zero-order valence-corrected chi connectivity index (χ0v) is 33.4. The minimum absolute atomic E-state index is 0. The van der Waals surface area contributed by atoms with Gasteiger partial charge in [-0.25, -0.2) is 16.8 Å². The van der Waals surface area contributed by atoms with E-state index in [4.69, 9.17) is 0 Å². The predicted molar refractivity (Wildman–Crippen MR) is 195 cm³/mol. The smallest absolute Gasteiger partial charge is 0.744 e. The molecule has 0 N–H and O–H groups in total. The number of hydrogen-bond donors (Lipinski definition) is 0. The third kappa shape index (κ3) is 24.3. The van der Waals surface area contributed by atoms with Crippen LogP contribution in [0.2, 0.25) is 0 Å². The fourth-order valence-electron chi connectivity index (χ4n) is 5.87. The summed E-state index contributed by atoms with van der Waals surface area (Å²) in [4.78, 5) is -0.0980. The molecule has 0 fully saturated rings. The largest absolute Gasteiger partial charge is 2.00 e. The Morgan fingerprint density at radius 1 is 0.404 bits per heavy atom. The Kier molecular flexibility index (Phi) is 29.0. The summed E-state index contributed by atoms with van der Waals surface area (Å²) in [6, 6.07) is 13.1. The summed E-state index contributed by atoms with van der Waals surface area (Å²) in [6.07, 6.45) is 29.2. The first-order valence-corrected chi connectivity index (χ1v) is 21.0. The van der Waals surface area contributed by atoms with Gasteiger partial charge in [0, 0.05) is 0 Å². The fourth-order valence-corrected chi connectivity index (χ4v) is 7.34. The van der Waals surface area contributed by atoms with Crippen LogP contribution in [0.15, 0.2) is 58.3 Å². The molecule has 0 aliphatic heterocycles. The number of unbranched alkanes of at least 4 members (excludes halogenated alkanes) is 20. The van der Waals surface area contributed by atoms with E-state index in [0.717, 1.165) is 25.7 Å². The first kappa shape index (κ1) is 46.5. The maximum atomic E-state index is 11.2. The molecule has 0 aliphatic carbocycles. The molecule has 0 aliphatic rings. The van der Waals surface area contributed by atoms with Crippen molar-refractivity contribution < 1.29 is 25.9 Å². The van der Waals surface area contributed by atoms with Gasteiger partial charge in [0.15, 0.2) is 0 Å². The monoisotopic (exact) mass is 718 g/mol. The van der Waals surface area contributed by atoms with E-state index in [1.54, 1.807) is 36.4 Å². The summed E-state index contributed by atoms with van der Waals surface area (Å²) >= 11 is 0. The van der Waals surface area contributed by atoms with Gasteiger partial charge in [0.25, 0.3) is 0 Å². The average molecular weight is 719 g/mol. The van der Waals surface area contributed by atoms with Gasteiger partial charge >= 0.3 is 37.7 Å². The summed E-state index contributed by atoms with van der Waals surface area (Å²) in [5.74, 6) is 0. The van der Waals surface area contributed by atoms with Gasteiger partial charge in [0.2, 0.25) is 0 Å². The third-order valence-electron chi connectivity index (χ3n) is 8.58. The number of rotatable bonds is 26. The van der Waals surface area contributed by atoms with Crippen molar-refractivity contribution in [2.24, 2.45) is 0 Å². The molecule has 9 heteroatoms. The van der Waals surface area contributed by atoms with Crippen LogP contribution in [0, 0.1) is 0 Å². The molecule has 2 rings (SSSR count). The molecule has 0 saturated carbocycles. The van der Waals surface area contributed by atoms with Gasteiger partial charge in [-0.05, 0) is 48.9 Å². The van der Waals surface area contributed by atoms with Gasteiger partial charge in [-0.15, -0.1) is 0 Å². The molecular formula is C38H62CaO6S2. The zero-order chi connectivity index (χ0) is 33.9. The van der Waals surface area contributed by atoms with Crippen molar-refractivity contribution in [1.29, 1.82) is 0 Å². The van der Waals surface area contributed by atoms with Crippen LogP contribution in [0.25, 0.3) is 0 Å². The van der Waals surface area contributed by atoms with Crippen LogP contribution in [-0.4, -0.2) is 63.7 Å². The normalized spacial score (nSPS) is 11.5. The van der Waals surface area contributed by atoms with E-state index < -0.39 is 20.2 Å². The standard InChI is InChI=1S/2C19H32O3S.Ca/c2*1-2-3-4-5-6-7-8-9-10-11-12-15-18-16-13-14-17-19(18)23(20,21)22;/h2*13-14,16-17H,2-12,15H2,1H3,(H,20,21,22);/q;;+2/p-2. The second kappa shape index (κ2) is 29.3. The molecule has 0 spiro atoms. The number of benzene rings is 2. The molecule has 6 nitrogen and oxygen atoms in total. The van der Waals surface area contributed by atoms with E-state index in [1.165, 1.54) is 128 Å². The molecule has 0 aromatic heterocycles. The van der Waals surface area contributed by atoms with Crippen molar-refractivity contribution in [2.45, 2.75) is 178 Å². The molecule has 0 saturated heterocycles. The molecule has 0 radical (unpaired) electrons. The number of hydrogen-bond acceptors (Lipinski definition) is 6. The van der Waals surface area contributed by atoms with E-state index in [9.17, 15) is 25.9 Å².